The van der Waals surface area contributed by atoms with Crippen molar-refractivity contribution in [2.75, 3.05) is 14.2 Å². The van der Waals surface area contributed by atoms with E-state index >= 15 is 0 Å². The largest absolute Gasteiger partial charge is 0.493 e. The zero-order valence-electron chi connectivity index (χ0n) is 16.9. The minimum Gasteiger partial charge on any atom is -0.493 e. The normalized spacial score (nSPS) is 17.4. The molecule has 0 aliphatic carbocycles. The summed E-state index contributed by atoms with van der Waals surface area (Å²) in [6.07, 6.45) is -0.124. The van der Waals surface area contributed by atoms with Crippen molar-refractivity contribution in [3.63, 3.8) is 0 Å². The van der Waals surface area contributed by atoms with Crippen LogP contribution in [0.2, 0.25) is 5.02 Å². The maximum absolute atomic E-state index is 9.16. The molecule has 0 amide bonds. The standard InChI is InChI=1S/C22H21ClN4O3/c1-13-25-26-22-19(8-5-11-24)30-20(15-6-4-7-18(28-2)21(15)29-3)16-12-14(23)9-10-17(16)27(13)22/h4,6-7,9-10,12,19-20H,5,8H2,1-3H3. The lowest BCUT2D eigenvalue weighted by Gasteiger charge is -2.24. The number of hydrogen-bond acceptors (Lipinski definition) is 6. The third kappa shape index (κ3) is 3.38. The molecule has 2 atom stereocenters. The van der Waals surface area contributed by atoms with Gasteiger partial charge in [0.1, 0.15) is 18.0 Å². The number of aromatic nitrogens is 3. The second-order valence-corrected chi connectivity index (χ2v) is 7.36. The van der Waals surface area contributed by atoms with E-state index in [0.717, 1.165) is 22.6 Å². The van der Waals surface area contributed by atoms with Crippen molar-refractivity contribution in [2.45, 2.75) is 32.0 Å². The van der Waals surface area contributed by atoms with Crippen LogP contribution in [0.3, 0.4) is 0 Å². The van der Waals surface area contributed by atoms with E-state index in [4.69, 9.17) is 31.1 Å². The summed E-state index contributed by atoms with van der Waals surface area (Å²) in [6.45, 7) is 1.89. The summed E-state index contributed by atoms with van der Waals surface area (Å²) < 4.78 is 19.7. The summed E-state index contributed by atoms with van der Waals surface area (Å²) in [4.78, 5) is 0. The highest BCUT2D eigenvalue weighted by Crippen LogP contribution is 2.46. The molecule has 8 heteroatoms. The number of rotatable bonds is 5. The third-order valence-electron chi connectivity index (χ3n) is 5.19. The van der Waals surface area contributed by atoms with E-state index < -0.39 is 12.2 Å². The molecule has 1 aliphatic heterocycles. The fourth-order valence-electron chi connectivity index (χ4n) is 3.87. The Bertz CT molecular complexity index is 1120. The van der Waals surface area contributed by atoms with Gasteiger partial charge in [-0.2, -0.15) is 5.26 Å². The lowest BCUT2D eigenvalue weighted by molar-refractivity contribution is -0.000782. The zero-order valence-corrected chi connectivity index (χ0v) is 17.7. The number of nitriles is 1. The number of halogens is 1. The van der Waals surface area contributed by atoms with Gasteiger partial charge in [-0.15, -0.1) is 10.2 Å². The van der Waals surface area contributed by atoms with Gasteiger partial charge in [-0.05, 0) is 37.6 Å². The highest BCUT2D eigenvalue weighted by molar-refractivity contribution is 6.30. The predicted octanol–water partition coefficient (Wildman–Crippen LogP) is 4.71. The van der Waals surface area contributed by atoms with E-state index in [2.05, 4.69) is 16.3 Å². The van der Waals surface area contributed by atoms with Crippen molar-refractivity contribution in [1.82, 2.24) is 14.8 Å². The summed E-state index contributed by atoms with van der Waals surface area (Å²) in [5.41, 5.74) is 2.54. The van der Waals surface area contributed by atoms with Gasteiger partial charge in [-0.1, -0.05) is 23.7 Å². The summed E-state index contributed by atoms with van der Waals surface area (Å²) in [5.74, 6) is 2.59. The first-order chi connectivity index (χ1) is 14.6. The molecule has 0 fully saturated rings. The highest BCUT2D eigenvalue weighted by Gasteiger charge is 2.34. The monoisotopic (exact) mass is 424 g/mol. The number of hydrogen-bond donors (Lipinski definition) is 0. The molecular formula is C22H21ClN4O3. The fraction of sp³-hybridized carbons (Fsp3) is 0.318. The van der Waals surface area contributed by atoms with Crippen LogP contribution >= 0.6 is 11.6 Å². The second-order valence-electron chi connectivity index (χ2n) is 6.93. The second kappa shape index (κ2) is 8.34. The zero-order chi connectivity index (χ0) is 21.3. The quantitative estimate of drug-likeness (QED) is 0.589. The topological polar surface area (TPSA) is 82.2 Å². The van der Waals surface area contributed by atoms with E-state index in [1.54, 1.807) is 14.2 Å². The van der Waals surface area contributed by atoms with E-state index in [1.807, 2.05) is 47.9 Å². The number of aryl methyl sites for hydroxylation is 1. The predicted molar refractivity (Wildman–Crippen MR) is 111 cm³/mol. The number of ether oxygens (including phenoxy) is 3. The van der Waals surface area contributed by atoms with Gasteiger partial charge in [0.15, 0.2) is 17.3 Å². The van der Waals surface area contributed by atoms with Crippen LogP contribution in [0.1, 0.15) is 47.8 Å². The average Bonchev–Trinajstić information content (AvgIpc) is 3.08. The average molecular weight is 425 g/mol. The summed E-state index contributed by atoms with van der Waals surface area (Å²) >= 11 is 6.38. The Morgan fingerprint density at radius 3 is 2.73 bits per heavy atom. The molecule has 1 aromatic heterocycles. The van der Waals surface area contributed by atoms with Crippen molar-refractivity contribution < 1.29 is 14.2 Å². The number of benzene rings is 2. The molecule has 2 aromatic carbocycles. The van der Waals surface area contributed by atoms with Gasteiger partial charge in [0.05, 0.1) is 26.0 Å². The molecule has 0 N–H and O–H groups in total. The molecule has 0 bridgehead atoms. The highest BCUT2D eigenvalue weighted by atomic mass is 35.5. The van der Waals surface area contributed by atoms with Gasteiger partial charge in [0, 0.05) is 22.6 Å². The van der Waals surface area contributed by atoms with Crippen LogP contribution < -0.4 is 9.47 Å². The molecule has 1 aliphatic rings. The van der Waals surface area contributed by atoms with Gasteiger partial charge in [0.2, 0.25) is 0 Å². The minimum absolute atomic E-state index is 0.329. The lowest BCUT2D eigenvalue weighted by Crippen LogP contribution is -2.12. The summed E-state index contributed by atoms with van der Waals surface area (Å²) in [5, 5.41) is 18.4. The smallest absolute Gasteiger partial charge is 0.166 e. The van der Waals surface area contributed by atoms with E-state index in [0.29, 0.717) is 35.2 Å². The molecule has 0 saturated heterocycles. The molecule has 3 aromatic rings. The van der Waals surface area contributed by atoms with Gasteiger partial charge in [-0.25, -0.2) is 0 Å². The van der Waals surface area contributed by atoms with Crippen molar-refractivity contribution in [3.8, 4) is 23.3 Å². The first-order valence-electron chi connectivity index (χ1n) is 9.54. The molecule has 30 heavy (non-hydrogen) atoms. The minimum atomic E-state index is -0.506. The molecule has 7 nitrogen and oxygen atoms in total. The SMILES string of the molecule is COc1cccc(C2OC(CCC#N)c3nnc(C)n3-c3ccc(Cl)cc32)c1OC. The number of methoxy groups -OCH3 is 2. The summed E-state index contributed by atoms with van der Waals surface area (Å²) in [6, 6.07) is 13.5. The van der Waals surface area contributed by atoms with Gasteiger partial charge in [-0.3, -0.25) is 4.57 Å². The van der Waals surface area contributed by atoms with E-state index in [1.165, 1.54) is 0 Å². The Hall–Kier alpha value is -3.08. The fourth-order valence-corrected chi connectivity index (χ4v) is 4.05. The van der Waals surface area contributed by atoms with Crippen LogP contribution in [-0.2, 0) is 4.74 Å². The van der Waals surface area contributed by atoms with E-state index in [9.17, 15) is 0 Å². The maximum atomic E-state index is 9.16. The van der Waals surface area contributed by atoms with Crippen LogP contribution in [0.5, 0.6) is 11.5 Å². The molecule has 4 rings (SSSR count). The van der Waals surface area contributed by atoms with Crippen molar-refractivity contribution in [1.29, 1.82) is 5.26 Å². The summed E-state index contributed by atoms with van der Waals surface area (Å²) in [7, 11) is 3.20. The molecular weight excluding hydrogens is 404 g/mol. The van der Waals surface area contributed by atoms with Gasteiger partial charge < -0.3 is 14.2 Å². The molecule has 0 saturated carbocycles. The molecule has 2 heterocycles. The Morgan fingerprint density at radius 1 is 1.17 bits per heavy atom. The van der Waals surface area contributed by atoms with Crippen molar-refractivity contribution >= 4 is 11.6 Å². The molecule has 154 valence electrons. The Labute approximate surface area is 179 Å². The number of para-hydroxylation sites is 1. The van der Waals surface area contributed by atoms with Gasteiger partial charge >= 0.3 is 0 Å². The third-order valence-corrected chi connectivity index (χ3v) is 5.42. The van der Waals surface area contributed by atoms with Crippen molar-refractivity contribution in [2.24, 2.45) is 0 Å². The van der Waals surface area contributed by atoms with Crippen LogP contribution in [0.15, 0.2) is 36.4 Å². The Balaban J connectivity index is 1.97. The van der Waals surface area contributed by atoms with E-state index in [-0.39, 0.29) is 0 Å². The lowest BCUT2D eigenvalue weighted by atomic mass is 9.98. The number of nitrogens with zero attached hydrogens (tertiary/aromatic N) is 4. The first-order valence-corrected chi connectivity index (χ1v) is 9.91. The van der Waals surface area contributed by atoms with Gasteiger partial charge in [0.25, 0.3) is 0 Å². The Kier molecular flexibility index (Phi) is 5.62. The van der Waals surface area contributed by atoms with Crippen LogP contribution in [-0.4, -0.2) is 29.0 Å². The molecule has 0 spiro atoms. The van der Waals surface area contributed by atoms with Crippen molar-refractivity contribution in [3.05, 3.63) is 64.2 Å². The van der Waals surface area contributed by atoms with Crippen LogP contribution in [0.4, 0.5) is 0 Å². The van der Waals surface area contributed by atoms with Crippen LogP contribution in [0.25, 0.3) is 5.69 Å². The first kappa shape index (κ1) is 20.2. The molecule has 2 unspecified atom stereocenters. The molecule has 0 radical (unpaired) electrons. The van der Waals surface area contributed by atoms with Crippen LogP contribution in [0, 0.1) is 18.3 Å². The number of fused-ring (bicyclic) bond motifs is 3. The Morgan fingerprint density at radius 2 is 2.00 bits per heavy atom. The maximum Gasteiger partial charge on any atom is 0.166 e.